The minimum absolute atomic E-state index is 0.00408. The predicted molar refractivity (Wildman–Crippen MR) is 94.8 cm³/mol. The van der Waals surface area contributed by atoms with Gasteiger partial charge in [0.05, 0.1) is 13.2 Å². The van der Waals surface area contributed by atoms with Crippen molar-refractivity contribution in [3.63, 3.8) is 0 Å². The third kappa shape index (κ3) is 5.33. The molecule has 1 amide bonds. The van der Waals surface area contributed by atoms with Crippen LogP contribution >= 0.6 is 0 Å². The Bertz CT molecular complexity index is 619. The van der Waals surface area contributed by atoms with Gasteiger partial charge in [0, 0.05) is 11.7 Å². The number of carbonyl (C=O) groups excluding carboxylic acids is 1. The molecule has 0 spiro atoms. The molecule has 0 saturated carbocycles. The normalized spacial score (nSPS) is 10.4. The summed E-state index contributed by atoms with van der Waals surface area (Å²) in [6.45, 7) is 6.82. The lowest BCUT2D eigenvalue weighted by atomic mass is 10.1. The number of carbonyl (C=O) groups is 1. The van der Waals surface area contributed by atoms with Crippen LogP contribution in [-0.4, -0.2) is 25.1 Å². The minimum atomic E-state index is -0.00408. The Balaban J connectivity index is 1.95. The summed E-state index contributed by atoms with van der Waals surface area (Å²) in [5.41, 5.74) is 3.20. The average Bonchev–Trinajstić information content (AvgIpc) is 2.54. The first-order valence-electron chi connectivity index (χ1n) is 7.95. The maximum atomic E-state index is 11.6. The lowest BCUT2D eigenvalue weighted by Crippen LogP contribution is -2.34. The van der Waals surface area contributed by atoms with Crippen molar-refractivity contribution in [1.82, 2.24) is 5.32 Å². The quantitative estimate of drug-likeness (QED) is 0.820. The molecule has 4 nitrogen and oxygen atoms in total. The first-order valence-corrected chi connectivity index (χ1v) is 7.95. The smallest absolute Gasteiger partial charge is 0.239 e. The van der Waals surface area contributed by atoms with Crippen LogP contribution in [0.1, 0.15) is 20.8 Å². The molecule has 0 aliphatic carbocycles. The zero-order valence-electron chi connectivity index (χ0n) is 13.9. The summed E-state index contributed by atoms with van der Waals surface area (Å²) in [7, 11) is 0. The molecular formula is C19H24N2O2. The highest BCUT2D eigenvalue weighted by molar-refractivity contribution is 5.81. The summed E-state index contributed by atoms with van der Waals surface area (Å²) in [6, 6.07) is 16.2. The van der Waals surface area contributed by atoms with E-state index < -0.39 is 0 Å². The molecule has 0 radical (unpaired) electrons. The third-order valence-corrected chi connectivity index (χ3v) is 3.29. The van der Waals surface area contributed by atoms with E-state index in [9.17, 15) is 4.79 Å². The molecule has 0 saturated heterocycles. The monoisotopic (exact) mass is 312 g/mol. The highest BCUT2D eigenvalue weighted by atomic mass is 16.5. The molecule has 0 aliphatic heterocycles. The van der Waals surface area contributed by atoms with Crippen molar-refractivity contribution in [3.05, 3.63) is 48.5 Å². The number of hydrogen-bond acceptors (Lipinski definition) is 3. The van der Waals surface area contributed by atoms with Gasteiger partial charge >= 0.3 is 0 Å². The number of benzene rings is 2. The van der Waals surface area contributed by atoms with Crippen molar-refractivity contribution in [1.29, 1.82) is 0 Å². The SMILES string of the molecule is CCOc1ccc(-c2ccc(NCC(=O)NC(C)C)cc2)cc1. The van der Waals surface area contributed by atoms with Crippen molar-refractivity contribution in [3.8, 4) is 16.9 Å². The van der Waals surface area contributed by atoms with E-state index in [0.29, 0.717) is 6.61 Å². The zero-order valence-corrected chi connectivity index (χ0v) is 13.9. The van der Waals surface area contributed by atoms with Crippen LogP contribution in [0.25, 0.3) is 11.1 Å². The summed E-state index contributed by atoms with van der Waals surface area (Å²) >= 11 is 0. The highest BCUT2D eigenvalue weighted by Crippen LogP contribution is 2.23. The summed E-state index contributed by atoms with van der Waals surface area (Å²) < 4.78 is 5.45. The molecule has 4 heteroatoms. The van der Waals surface area contributed by atoms with Crippen LogP contribution in [0.4, 0.5) is 5.69 Å². The Morgan fingerprint density at radius 2 is 1.57 bits per heavy atom. The summed E-state index contributed by atoms with van der Waals surface area (Å²) in [5.74, 6) is 0.876. The van der Waals surface area contributed by atoms with Gasteiger partial charge in [0.2, 0.25) is 5.91 Å². The van der Waals surface area contributed by atoms with Crippen molar-refractivity contribution >= 4 is 11.6 Å². The van der Waals surface area contributed by atoms with Gasteiger partial charge < -0.3 is 15.4 Å². The molecule has 2 aromatic carbocycles. The fourth-order valence-corrected chi connectivity index (χ4v) is 2.25. The van der Waals surface area contributed by atoms with E-state index in [1.165, 1.54) is 0 Å². The average molecular weight is 312 g/mol. The van der Waals surface area contributed by atoms with Gasteiger partial charge in [-0.2, -0.15) is 0 Å². The molecule has 0 atom stereocenters. The fraction of sp³-hybridized carbons (Fsp3) is 0.316. The van der Waals surface area contributed by atoms with Gasteiger partial charge in [-0.1, -0.05) is 24.3 Å². The first-order chi connectivity index (χ1) is 11.1. The van der Waals surface area contributed by atoms with Crippen LogP contribution < -0.4 is 15.4 Å². The lowest BCUT2D eigenvalue weighted by molar-refractivity contribution is -0.119. The van der Waals surface area contributed by atoms with Crippen LogP contribution in [0.5, 0.6) is 5.75 Å². The van der Waals surface area contributed by atoms with Gasteiger partial charge in [0.1, 0.15) is 5.75 Å². The van der Waals surface area contributed by atoms with Crippen LogP contribution in [-0.2, 0) is 4.79 Å². The van der Waals surface area contributed by atoms with Crippen molar-refractivity contribution < 1.29 is 9.53 Å². The zero-order chi connectivity index (χ0) is 16.7. The molecule has 0 heterocycles. The van der Waals surface area contributed by atoms with Crippen molar-refractivity contribution in [2.45, 2.75) is 26.8 Å². The summed E-state index contributed by atoms with van der Waals surface area (Å²) in [6.07, 6.45) is 0. The molecule has 23 heavy (non-hydrogen) atoms. The van der Waals surface area contributed by atoms with Gasteiger partial charge in [-0.25, -0.2) is 0 Å². The molecule has 2 aromatic rings. The number of anilines is 1. The first kappa shape index (κ1) is 16.9. The van der Waals surface area contributed by atoms with Crippen LogP contribution in [0.15, 0.2) is 48.5 Å². The predicted octanol–water partition coefficient (Wildman–Crippen LogP) is 3.69. The number of rotatable bonds is 7. The Morgan fingerprint density at radius 3 is 2.09 bits per heavy atom. The summed E-state index contributed by atoms with van der Waals surface area (Å²) in [4.78, 5) is 11.6. The number of ether oxygens (including phenoxy) is 1. The van der Waals surface area contributed by atoms with Gasteiger partial charge in [-0.3, -0.25) is 4.79 Å². The molecule has 122 valence electrons. The van der Waals surface area contributed by atoms with Gasteiger partial charge in [-0.05, 0) is 56.2 Å². The Kier molecular flexibility index (Phi) is 6.03. The molecule has 2 rings (SSSR count). The Hall–Kier alpha value is -2.49. The van der Waals surface area contributed by atoms with Crippen LogP contribution in [0.2, 0.25) is 0 Å². The maximum Gasteiger partial charge on any atom is 0.239 e. The van der Waals surface area contributed by atoms with Crippen molar-refractivity contribution in [2.75, 3.05) is 18.5 Å². The third-order valence-electron chi connectivity index (χ3n) is 3.29. The van der Waals surface area contributed by atoms with E-state index in [0.717, 1.165) is 22.6 Å². The van der Waals surface area contributed by atoms with Gasteiger partial charge in [-0.15, -0.1) is 0 Å². The Morgan fingerprint density at radius 1 is 1.00 bits per heavy atom. The maximum absolute atomic E-state index is 11.6. The number of hydrogen-bond donors (Lipinski definition) is 2. The van der Waals surface area contributed by atoms with Crippen LogP contribution in [0, 0.1) is 0 Å². The van der Waals surface area contributed by atoms with E-state index in [1.807, 2.05) is 69.3 Å². The second-order valence-corrected chi connectivity index (χ2v) is 5.61. The second-order valence-electron chi connectivity index (χ2n) is 5.61. The molecule has 2 N–H and O–H groups in total. The molecule has 0 aromatic heterocycles. The Labute approximate surface area is 137 Å². The van der Waals surface area contributed by atoms with E-state index in [4.69, 9.17) is 4.74 Å². The molecule has 0 bridgehead atoms. The highest BCUT2D eigenvalue weighted by Gasteiger charge is 2.03. The molecule has 0 unspecified atom stereocenters. The number of nitrogens with one attached hydrogen (secondary N) is 2. The fourth-order valence-electron chi connectivity index (χ4n) is 2.25. The van der Waals surface area contributed by atoms with E-state index in [-0.39, 0.29) is 18.5 Å². The standard InChI is InChI=1S/C19H24N2O2/c1-4-23-18-11-7-16(8-12-18)15-5-9-17(10-6-15)20-13-19(22)21-14(2)3/h5-12,14,20H,4,13H2,1-3H3,(H,21,22). The van der Waals surface area contributed by atoms with Crippen LogP contribution in [0.3, 0.4) is 0 Å². The van der Waals surface area contributed by atoms with E-state index in [1.54, 1.807) is 0 Å². The molecular weight excluding hydrogens is 288 g/mol. The van der Waals surface area contributed by atoms with Gasteiger partial charge in [0.25, 0.3) is 0 Å². The summed E-state index contributed by atoms with van der Waals surface area (Å²) in [5, 5.41) is 5.97. The number of amides is 1. The molecule has 0 aliphatic rings. The second kappa shape index (κ2) is 8.22. The van der Waals surface area contributed by atoms with E-state index >= 15 is 0 Å². The topological polar surface area (TPSA) is 50.4 Å². The van der Waals surface area contributed by atoms with E-state index in [2.05, 4.69) is 10.6 Å². The van der Waals surface area contributed by atoms with Crippen molar-refractivity contribution in [2.24, 2.45) is 0 Å². The van der Waals surface area contributed by atoms with Gasteiger partial charge in [0.15, 0.2) is 0 Å². The molecule has 0 fully saturated rings. The minimum Gasteiger partial charge on any atom is -0.494 e. The largest absolute Gasteiger partial charge is 0.494 e. The lowest BCUT2D eigenvalue weighted by Gasteiger charge is -2.10.